The summed E-state index contributed by atoms with van der Waals surface area (Å²) in [7, 11) is 0. The molecule has 78 valence electrons. The van der Waals surface area contributed by atoms with Crippen molar-refractivity contribution in [2.75, 3.05) is 0 Å². The molecule has 0 saturated carbocycles. The lowest BCUT2D eigenvalue weighted by Crippen LogP contribution is -2.28. The van der Waals surface area contributed by atoms with Gasteiger partial charge in [0.1, 0.15) is 0 Å². The second kappa shape index (κ2) is 4.49. The highest BCUT2D eigenvalue weighted by molar-refractivity contribution is 8.13. The smallest absolute Gasteiger partial charge is 0.225 e. The molecule has 0 bridgehead atoms. The second-order valence-electron chi connectivity index (χ2n) is 3.24. The monoisotopic (exact) mass is 220 g/mol. The summed E-state index contributed by atoms with van der Waals surface area (Å²) in [4.78, 5) is 15.6. The van der Waals surface area contributed by atoms with Crippen molar-refractivity contribution in [2.24, 2.45) is 4.99 Å². The second-order valence-corrected chi connectivity index (χ2v) is 4.20. The van der Waals surface area contributed by atoms with Gasteiger partial charge in [0.2, 0.25) is 5.91 Å². The highest BCUT2D eigenvalue weighted by Crippen LogP contribution is 2.29. The van der Waals surface area contributed by atoms with Crippen LogP contribution in [-0.4, -0.2) is 11.1 Å². The Hall–Kier alpha value is -1.29. The molecule has 2 rings (SSSR count). The number of fused-ring (bicyclic) bond motifs is 1. The quantitative estimate of drug-likeness (QED) is 0.789. The predicted octanol–water partition coefficient (Wildman–Crippen LogP) is 2.45. The van der Waals surface area contributed by atoms with E-state index in [0.29, 0.717) is 11.6 Å². The molecule has 1 amide bonds. The molecule has 0 atom stereocenters. The Morgan fingerprint density at radius 2 is 2.33 bits per heavy atom. The standard InChI is InChI=1S/C11H12N2OS/c1-2-10(14)13-11-12-9-6-4-3-5-8(9)7-15-11/h3-6H,2,7H2,1H3,(H,12,13,14). The molecule has 0 saturated heterocycles. The molecule has 0 fully saturated rings. The summed E-state index contributed by atoms with van der Waals surface area (Å²) in [5, 5.41) is 3.49. The van der Waals surface area contributed by atoms with Gasteiger partial charge in [0.05, 0.1) is 5.69 Å². The minimum absolute atomic E-state index is 0.0145. The van der Waals surface area contributed by atoms with Crippen molar-refractivity contribution in [1.29, 1.82) is 0 Å². The molecule has 0 spiro atoms. The third kappa shape index (κ3) is 2.39. The largest absolute Gasteiger partial charge is 0.305 e. The molecule has 15 heavy (non-hydrogen) atoms. The maximum Gasteiger partial charge on any atom is 0.225 e. The molecule has 1 aromatic rings. The van der Waals surface area contributed by atoms with E-state index in [1.54, 1.807) is 11.8 Å². The number of thioether (sulfide) groups is 1. The third-order valence-corrected chi connectivity index (χ3v) is 3.07. The number of aliphatic imine (C=N–C) groups is 1. The number of nitrogens with zero attached hydrogens (tertiary/aromatic N) is 1. The normalized spacial score (nSPS) is 14.1. The molecule has 1 aliphatic rings. The SMILES string of the molecule is CCC(=O)NC1=Nc2ccccc2CS1. The molecular formula is C11H12N2OS. The van der Waals surface area contributed by atoms with Crippen LogP contribution in [0.25, 0.3) is 0 Å². The van der Waals surface area contributed by atoms with Crippen LogP contribution in [0.4, 0.5) is 5.69 Å². The van der Waals surface area contributed by atoms with E-state index in [4.69, 9.17) is 0 Å². The van der Waals surface area contributed by atoms with Gasteiger partial charge in [-0.2, -0.15) is 0 Å². The van der Waals surface area contributed by atoms with Crippen molar-refractivity contribution in [3.8, 4) is 0 Å². The van der Waals surface area contributed by atoms with Gasteiger partial charge < -0.3 is 5.32 Å². The summed E-state index contributed by atoms with van der Waals surface area (Å²) >= 11 is 1.57. The van der Waals surface area contributed by atoms with E-state index < -0.39 is 0 Å². The van der Waals surface area contributed by atoms with Gasteiger partial charge in [-0.25, -0.2) is 4.99 Å². The van der Waals surface area contributed by atoms with E-state index in [1.165, 1.54) is 5.56 Å². The van der Waals surface area contributed by atoms with E-state index in [9.17, 15) is 4.79 Å². The Bertz CT molecular complexity index is 415. The molecule has 0 aromatic heterocycles. The van der Waals surface area contributed by atoms with Crippen LogP contribution in [0.2, 0.25) is 0 Å². The van der Waals surface area contributed by atoms with Gasteiger partial charge in [0, 0.05) is 12.2 Å². The average Bonchev–Trinajstić information content (AvgIpc) is 2.29. The predicted molar refractivity (Wildman–Crippen MR) is 63.3 cm³/mol. The summed E-state index contributed by atoms with van der Waals surface area (Å²) in [5.41, 5.74) is 2.18. The first-order valence-electron chi connectivity index (χ1n) is 4.89. The van der Waals surface area contributed by atoms with Gasteiger partial charge in [-0.1, -0.05) is 36.9 Å². The maximum absolute atomic E-state index is 11.2. The van der Waals surface area contributed by atoms with Crippen LogP contribution in [0.15, 0.2) is 29.3 Å². The zero-order chi connectivity index (χ0) is 10.7. The number of hydrogen-bond acceptors (Lipinski definition) is 3. The fourth-order valence-electron chi connectivity index (χ4n) is 1.30. The van der Waals surface area contributed by atoms with Gasteiger partial charge in [0.15, 0.2) is 5.17 Å². The Morgan fingerprint density at radius 1 is 1.53 bits per heavy atom. The lowest BCUT2D eigenvalue weighted by Gasteiger charge is -2.14. The summed E-state index contributed by atoms with van der Waals surface area (Å²) in [6.45, 7) is 1.83. The fourth-order valence-corrected chi connectivity index (χ4v) is 2.19. The Morgan fingerprint density at radius 3 is 3.13 bits per heavy atom. The van der Waals surface area contributed by atoms with Crippen molar-refractivity contribution in [3.05, 3.63) is 29.8 Å². The Balaban J connectivity index is 2.18. The van der Waals surface area contributed by atoms with Crippen LogP contribution in [0.1, 0.15) is 18.9 Å². The zero-order valence-corrected chi connectivity index (χ0v) is 9.30. The highest BCUT2D eigenvalue weighted by Gasteiger charge is 2.12. The van der Waals surface area contributed by atoms with Crippen LogP contribution in [-0.2, 0) is 10.5 Å². The van der Waals surface area contributed by atoms with Crippen LogP contribution >= 0.6 is 11.8 Å². The molecule has 1 aliphatic heterocycles. The first-order chi connectivity index (χ1) is 7.29. The minimum Gasteiger partial charge on any atom is -0.305 e. The number of benzene rings is 1. The summed E-state index contributed by atoms with van der Waals surface area (Å²) < 4.78 is 0. The maximum atomic E-state index is 11.2. The van der Waals surface area contributed by atoms with Gasteiger partial charge in [0.25, 0.3) is 0 Å². The van der Waals surface area contributed by atoms with Crippen LogP contribution in [0.5, 0.6) is 0 Å². The summed E-state index contributed by atoms with van der Waals surface area (Å²) in [6, 6.07) is 7.99. The number of rotatable bonds is 1. The zero-order valence-electron chi connectivity index (χ0n) is 8.49. The number of amides is 1. The van der Waals surface area contributed by atoms with Crippen molar-refractivity contribution in [3.63, 3.8) is 0 Å². The molecule has 1 heterocycles. The van der Waals surface area contributed by atoms with Crippen molar-refractivity contribution in [2.45, 2.75) is 19.1 Å². The molecule has 4 heteroatoms. The van der Waals surface area contributed by atoms with Gasteiger partial charge in [-0.15, -0.1) is 0 Å². The lowest BCUT2D eigenvalue weighted by molar-refractivity contribution is -0.119. The minimum atomic E-state index is 0.0145. The van der Waals surface area contributed by atoms with Crippen molar-refractivity contribution >= 4 is 28.5 Å². The summed E-state index contributed by atoms with van der Waals surface area (Å²) in [6.07, 6.45) is 0.487. The van der Waals surface area contributed by atoms with Crippen molar-refractivity contribution < 1.29 is 4.79 Å². The van der Waals surface area contributed by atoms with E-state index in [-0.39, 0.29) is 5.91 Å². The number of carbonyl (C=O) groups excluding carboxylic acids is 1. The highest BCUT2D eigenvalue weighted by atomic mass is 32.2. The van der Waals surface area contributed by atoms with Crippen LogP contribution in [0, 0.1) is 0 Å². The van der Waals surface area contributed by atoms with Crippen LogP contribution in [0.3, 0.4) is 0 Å². The molecular weight excluding hydrogens is 208 g/mol. The number of hydrogen-bond donors (Lipinski definition) is 1. The first-order valence-corrected chi connectivity index (χ1v) is 5.87. The molecule has 0 aliphatic carbocycles. The Kier molecular flexibility index (Phi) is 3.06. The fraction of sp³-hybridized carbons (Fsp3) is 0.273. The molecule has 0 radical (unpaired) electrons. The van der Waals surface area contributed by atoms with Gasteiger partial charge in [-0.3, -0.25) is 4.79 Å². The summed E-state index contributed by atoms with van der Waals surface area (Å²) in [5.74, 6) is 0.888. The van der Waals surface area contributed by atoms with Gasteiger partial charge >= 0.3 is 0 Å². The molecule has 3 nitrogen and oxygen atoms in total. The molecule has 1 aromatic carbocycles. The molecule has 0 unspecified atom stereocenters. The Labute approximate surface area is 93.0 Å². The van der Waals surface area contributed by atoms with E-state index in [0.717, 1.165) is 11.4 Å². The van der Waals surface area contributed by atoms with Crippen molar-refractivity contribution in [1.82, 2.24) is 5.32 Å². The number of amidine groups is 1. The average molecular weight is 220 g/mol. The topological polar surface area (TPSA) is 41.5 Å². The van der Waals surface area contributed by atoms with E-state index in [1.807, 2.05) is 25.1 Å². The van der Waals surface area contributed by atoms with E-state index in [2.05, 4.69) is 16.4 Å². The van der Waals surface area contributed by atoms with E-state index >= 15 is 0 Å². The third-order valence-electron chi connectivity index (χ3n) is 2.15. The number of nitrogens with one attached hydrogen (secondary N) is 1. The number of carbonyl (C=O) groups is 1. The van der Waals surface area contributed by atoms with Crippen LogP contribution < -0.4 is 5.32 Å². The lowest BCUT2D eigenvalue weighted by atomic mass is 10.2. The van der Waals surface area contributed by atoms with Gasteiger partial charge in [-0.05, 0) is 11.6 Å². The first kappa shape index (κ1) is 10.2. The molecule has 1 N–H and O–H groups in total. The number of para-hydroxylation sites is 1.